The van der Waals surface area contributed by atoms with Crippen molar-refractivity contribution in [2.24, 2.45) is 0 Å². The summed E-state index contributed by atoms with van der Waals surface area (Å²) < 4.78 is 24.6. The number of hydrogen-bond acceptors (Lipinski definition) is 2. The van der Waals surface area contributed by atoms with Crippen molar-refractivity contribution in [2.45, 2.75) is 12.5 Å². The molecule has 3 heteroatoms. The van der Waals surface area contributed by atoms with Gasteiger partial charge in [0.25, 0.3) is 0 Å². The topological polar surface area (TPSA) is 18.5 Å². The molecular formula is C16H14FO2. The van der Waals surface area contributed by atoms with Gasteiger partial charge in [0.1, 0.15) is 23.4 Å². The first-order valence-corrected chi connectivity index (χ1v) is 6.14. The summed E-state index contributed by atoms with van der Waals surface area (Å²) in [6.45, 7) is 3.88. The monoisotopic (exact) mass is 257 g/mol. The zero-order valence-electron chi connectivity index (χ0n) is 10.7. The molecule has 3 rings (SSSR count). The van der Waals surface area contributed by atoms with Crippen molar-refractivity contribution < 1.29 is 13.9 Å². The molecule has 0 fully saturated rings. The molecule has 1 aliphatic heterocycles. The largest absolute Gasteiger partial charge is 0.497 e. The Labute approximate surface area is 111 Å². The van der Waals surface area contributed by atoms with Crippen LogP contribution in [0.4, 0.5) is 4.39 Å². The van der Waals surface area contributed by atoms with E-state index in [0.717, 1.165) is 28.2 Å². The molecule has 0 bridgehead atoms. The van der Waals surface area contributed by atoms with Crippen LogP contribution < -0.4 is 9.47 Å². The Balaban J connectivity index is 2.15. The molecule has 2 aromatic rings. The van der Waals surface area contributed by atoms with Crippen LogP contribution in [0.2, 0.25) is 0 Å². The van der Waals surface area contributed by atoms with E-state index in [4.69, 9.17) is 9.47 Å². The summed E-state index contributed by atoms with van der Waals surface area (Å²) in [6, 6.07) is 10.5. The van der Waals surface area contributed by atoms with Crippen LogP contribution in [-0.2, 0) is 6.42 Å². The van der Waals surface area contributed by atoms with E-state index in [9.17, 15) is 4.39 Å². The third-order valence-corrected chi connectivity index (χ3v) is 3.24. The van der Waals surface area contributed by atoms with Crippen molar-refractivity contribution in [3.8, 4) is 22.6 Å². The first kappa shape index (κ1) is 12.0. The van der Waals surface area contributed by atoms with Crippen LogP contribution >= 0.6 is 0 Å². The maximum absolute atomic E-state index is 13.7. The average Bonchev–Trinajstić information content (AvgIpc) is 2.78. The fraction of sp³-hybridized carbons (Fsp3) is 0.188. The van der Waals surface area contributed by atoms with Crippen molar-refractivity contribution in [2.75, 3.05) is 7.11 Å². The summed E-state index contributed by atoms with van der Waals surface area (Å²) in [4.78, 5) is 0. The lowest BCUT2D eigenvalue weighted by atomic mass is 10.00. The molecule has 0 saturated carbocycles. The predicted octanol–water partition coefficient (Wildman–Crippen LogP) is 3.64. The van der Waals surface area contributed by atoms with Crippen molar-refractivity contribution in [1.29, 1.82) is 0 Å². The highest BCUT2D eigenvalue weighted by molar-refractivity contribution is 5.74. The normalized spacial score (nSPS) is 16.9. The molecule has 2 nitrogen and oxygen atoms in total. The van der Waals surface area contributed by atoms with Gasteiger partial charge in [-0.1, -0.05) is 12.1 Å². The molecule has 1 radical (unpaired) electrons. The molecule has 0 amide bonds. The Morgan fingerprint density at radius 2 is 2.16 bits per heavy atom. The number of methoxy groups -OCH3 is 1. The molecule has 0 aliphatic carbocycles. The fourth-order valence-electron chi connectivity index (χ4n) is 2.40. The summed E-state index contributed by atoms with van der Waals surface area (Å²) in [6.07, 6.45) is 0.491. The Morgan fingerprint density at radius 3 is 2.95 bits per heavy atom. The van der Waals surface area contributed by atoms with Crippen molar-refractivity contribution in [3.05, 3.63) is 54.7 Å². The minimum atomic E-state index is -0.255. The van der Waals surface area contributed by atoms with Crippen LogP contribution in [0.1, 0.15) is 5.56 Å². The Morgan fingerprint density at radius 1 is 1.32 bits per heavy atom. The van der Waals surface area contributed by atoms with Gasteiger partial charge in [0, 0.05) is 17.5 Å². The molecule has 0 N–H and O–H groups in total. The van der Waals surface area contributed by atoms with Gasteiger partial charge in [-0.15, -0.1) is 0 Å². The van der Waals surface area contributed by atoms with Crippen molar-refractivity contribution in [1.82, 2.24) is 0 Å². The van der Waals surface area contributed by atoms with E-state index in [1.54, 1.807) is 7.11 Å². The highest BCUT2D eigenvalue weighted by Crippen LogP contribution is 2.40. The van der Waals surface area contributed by atoms with Crippen LogP contribution in [0.15, 0.2) is 36.4 Å². The standard InChI is InChI=1S/C16H14FO2/c1-10-6-12-7-13(17)9-15(16(12)19-10)11-4-3-5-14(8-11)18-2/h3-5,7-10H,1,6H2,2H3. The summed E-state index contributed by atoms with van der Waals surface area (Å²) in [7, 11) is 1.61. The van der Waals surface area contributed by atoms with Gasteiger partial charge in [0.15, 0.2) is 0 Å². The minimum Gasteiger partial charge on any atom is -0.497 e. The highest BCUT2D eigenvalue weighted by Gasteiger charge is 2.24. The third kappa shape index (κ3) is 2.16. The highest BCUT2D eigenvalue weighted by atomic mass is 19.1. The van der Waals surface area contributed by atoms with Crippen LogP contribution in [0.25, 0.3) is 11.1 Å². The summed E-state index contributed by atoms with van der Waals surface area (Å²) in [5, 5.41) is 0. The minimum absolute atomic E-state index is 0.152. The van der Waals surface area contributed by atoms with E-state index < -0.39 is 0 Å². The number of ether oxygens (including phenoxy) is 2. The van der Waals surface area contributed by atoms with E-state index in [0.29, 0.717) is 6.42 Å². The summed E-state index contributed by atoms with van der Waals surface area (Å²) in [5.74, 6) is 1.21. The van der Waals surface area contributed by atoms with Crippen LogP contribution in [0.3, 0.4) is 0 Å². The zero-order chi connectivity index (χ0) is 13.4. The number of hydrogen-bond donors (Lipinski definition) is 0. The maximum Gasteiger partial charge on any atom is 0.131 e. The van der Waals surface area contributed by atoms with Gasteiger partial charge in [-0.3, -0.25) is 0 Å². The smallest absolute Gasteiger partial charge is 0.131 e. The van der Waals surface area contributed by atoms with Gasteiger partial charge in [0.05, 0.1) is 7.11 Å². The average molecular weight is 257 g/mol. The lowest BCUT2D eigenvalue weighted by molar-refractivity contribution is 0.282. The molecular weight excluding hydrogens is 243 g/mol. The number of fused-ring (bicyclic) bond motifs is 1. The Bertz CT molecular complexity index is 622. The van der Waals surface area contributed by atoms with E-state index >= 15 is 0 Å². The van der Waals surface area contributed by atoms with Gasteiger partial charge >= 0.3 is 0 Å². The zero-order valence-corrected chi connectivity index (χ0v) is 10.7. The second kappa shape index (κ2) is 4.57. The molecule has 2 aromatic carbocycles. The van der Waals surface area contributed by atoms with E-state index in [-0.39, 0.29) is 11.9 Å². The summed E-state index contributed by atoms with van der Waals surface area (Å²) in [5.41, 5.74) is 2.50. The fourth-order valence-corrected chi connectivity index (χ4v) is 2.40. The van der Waals surface area contributed by atoms with Crippen LogP contribution in [-0.4, -0.2) is 13.2 Å². The third-order valence-electron chi connectivity index (χ3n) is 3.24. The molecule has 0 spiro atoms. The molecule has 1 atom stereocenters. The second-order valence-corrected chi connectivity index (χ2v) is 4.62. The Hall–Kier alpha value is -2.03. The quantitative estimate of drug-likeness (QED) is 0.817. The van der Waals surface area contributed by atoms with Crippen molar-refractivity contribution >= 4 is 0 Å². The molecule has 19 heavy (non-hydrogen) atoms. The molecule has 1 unspecified atom stereocenters. The number of halogens is 1. The van der Waals surface area contributed by atoms with E-state index in [2.05, 4.69) is 6.92 Å². The van der Waals surface area contributed by atoms with Gasteiger partial charge < -0.3 is 9.47 Å². The van der Waals surface area contributed by atoms with Gasteiger partial charge in [0.2, 0.25) is 0 Å². The van der Waals surface area contributed by atoms with Crippen molar-refractivity contribution in [3.63, 3.8) is 0 Å². The molecule has 97 valence electrons. The Kier molecular flexibility index (Phi) is 2.90. The lowest BCUT2D eigenvalue weighted by Gasteiger charge is -2.11. The molecule has 1 aliphatic rings. The van der Waals surface area contributed by atoms with Crippen LogP contribution in [0, 0.1) is 12.7 Å². The van der Waals surface area contributed by atoms with Gasteiger partial charge in [-0.2, -0.15) is 0 Å². The second-order valence-electron chi connectivity index (χ2n) is 4.62. The number of benzene rings is 2. The van der Waals surface area contributed by atoms with Gasteiger partial charge in [-0.25, -0.2) is 4.39 Å². The summed E-state index contributed by atoms with van der Waals surface area (Å²) >= 11 is 0. The first-order chi connectivity index (χ1) is 9.17. The lowest BCUT2D eigenvalue weighted by Crippen LogP contribution is -2.06. The SMILES string of the molecule is [CH2]C1Cc2cc(F)cc(-c3cccc(OC)c3)c2O1. The van der Waals surface area contributed by atoms with E-state index in [1.165, 1.54) is 12.1 Å². The predicted molar refractivity (Wildman–Crippen MR) is 71.9 cm³/mol. The number of rotatable bonds is 2. The maximum atomic E-state index is 13.7. The molecule has 1 heterocycles. The first-order valence-electron chi connectivity index (χ1n) is 6.14. The van der Waals surface area contributed by atoms with Crippen LogP contribution in [0.5, 0.6) is 11.5 Å². The molecule has 0 saturated heterocycles. The molecule has 0 aromatic heterocycles. The van der Waals surface area contributed by atoms with E-state index in [1.807, 2.05) is 24.3 Å². The van der Waals surface area contributed by atoms with Gasteiger partial charge in [-0.05, 0) is 36.8 Å².